The largest absolute Gasteiger partial charge is 0.399 e. The number of benzene rings is 1. The molecule has 0 fully saturated rings. The number of rotatable bonds is 3. The summed E-state index contributed by atoms with van der Waals surface area (Å²) in [6.45, 7) is 1.89. The predicted octanol–water partition coefficient (Wildman–Crippen LogP) is 0.234. The first-order chi connectivity index (χ1) is 9.40. The molecule has 0 aliphatic heterocycles. The normalized spacial score (nSPS) is 12.2. The summed E-state index contributed by atoms with van der Waals surface area (Å²) in [6.07, 6.45) is 0. The number of hydrogen-bond acceptors (Lipinski definition) is 5. The molecule has 0 amide bonds. The highest BCUT2D eigenvalue weighted by atomic mass is 16.2. The molecule has 20 heavy (non-hydrogen) atoms. The van der Waals surface area contributed by atoms with Crippen molar-refractivity contribution in [3.63, 3.8) is 0 Å². The number of nitrogens with one attached hydrogen (secondary N) is 1. The van der Waals surface area contributed by atoms with Crippen LogP contribution in [0.1, 0.15) is 18.5 Å². The van der Waals surface area contributed by atoms with Gasteiger partial charge in [-0.25, -0.2) is 9.48 Å². The van der Waals surface area contributed by atoms with Crippen LogP contribution < -0.4 is 22.3 Å². The molecule has 1 unspecified atom stereocenters. The lowest BCUT2D eigenvalue weighted by atomic mass is 10.1. The molecule has 1 heterocycles. The highest BCUT2D eigenvalue weighted by molar-refractivity contribution is 5.44. The van der Waals surface area contributed by atoms with Gasteiger partial charge in [-0.15, -0.1) is 5.10 Å². The van der Waals surface area contributed by atoms with Crippen molar-refractivity contribution in [1.82, 2.24) is 14.3 Å². The van der Waals surface area contributed by atoms with Gasteiger partial charge in [0.2, 0.25) is 5.82 Å². The Morgan fingerprint density at radius 1 is 1.30 bits per heavy atom. The smallest absolute Gasteiger partial charge is 0.346 e. The molecule has 0 aliphatic carbocycles. The van der Waals surface area contributed by atoms with Crippen molar-refractivity contribution in [3.05, 3.63) is 50.7 Å². The van der Waals surface area contributed by atoms with Crippen LogP contribution in [0.5, 0.6) is 0 Å². The van der Waals surface area contributed by atoms with E-state index in [1.54, 1.807) is 6.07 Å². The highest BCUT2D eigenvalue weighted by Gasteiger charge is 2.12. The number of nitrogen functional groups attached to an aromatic ring is 1. The van der Waals surface area contributed by atoms with Crippen molar-refractivity contribution < 1.29 is 0 Å². The quantitative estimate of drug-likeness (QED) is 0.782. The third-order valence-electron chi connectivity index (χ3n) is 3.08. The lowest BCUT2D eigenvalue weighted by molar-refractivity contribution is 0.601. The van der Waals surface area contributed by atoms with Gasteiger partial charge in [-0.2, -0.15) is 0 Å². The lowest BCUT2D eigenvalue weighted by Gasteiger charge is -2.15. The van der Waals surface area contributed by atoms with E-state index in [2.05, 4.69) is 10.4 Å². The van der Waals surface area contributed by atoms with Crippen LogP contribution in [0.2, 0.25) is 0 Å². The van der Waals surface area contributed by atoms with Crippen molar-refractivity contribution >= 4 is 11.5 Å². The fraction of sp³-hybridized carbons (Fsp3) is 0.308. The maximum Gasteiger partial charge on any atom is 0.346 e. The first-order valence-electron chi connectivity index (χ1n) is 6.16. The minimum absolute atomic E-state index is 0.129. The topological polar surface area (TPSA) is 94.9 Å². The fourth-order valence-corrected chi connectivity index (χ4v) is 1.91. The van der Waals surface area contributed by atoms with Gasteiger partial charge in [0.05, 0.1) is 6.04 Å². The van der Waals surface area contributed by atoms with Crippen LogP contribution in [0, 0.1) is 0 Å². The zero-order chi connectivity index (χ0) is 14.9. The summed E-state index contributed by atoms with van der Waals surface area (Å²) in [4.78, 5) is 23.5. The van der Waals surface area contributed by atoms with E-state index in [1.807, 2.05) is 25.1 Å². The molecule has 3 N–H and O–H groups in total. The second-order valence-corrected chi connectivity index (χ2v) is 4.66. The molecule has 1 aromatic carbocycles. The van der Waals surface area contributed by atoms with Gasteiger partial charge < -0.3 is 11.1 Å². The number of aryl methyl sites for hydroxylation is 1. The average Bonchev–Trinajstić information content (AvgIpc) is 2.42. The van der Waals surface area contributed by atoms with Crippen molar-refractivity contribution in [3.8, 4) is 0 Å². The SMILES string of the molecule is CC(Nc1nn(C)c(=O)n(C)c1=O)c1cccc(N)c1. The minimum atomic E-state index is -0.461. The Hall–Kier alpha value is -2.57. The van der Waals surface area contributed by atoms with Gasteiger partial charge in [0, 0.05) is 19.8 Å². The van der Waals surface area contributed by atoms with Crippen LogP contribution in [-0.4, -0.2) is 14.3 Å². The summed E-state index contributed by atoms with van der Waals surface area (Å²) < 4.78 is 2.14. The van der Waals surface area contributed by atoms with Crippen LogP contribution in [-0.2, 0) is 14.1 Å². The number of hydrogen-bond donors (Lipinski definition) is 2. The molecule has 0 saturated carbocycles. The number of nitrogens with zero attached hydrogens (tertiary/aromatic N) is 3. The molecular formula is C13H17N5O2. The second-order valence-electron chi connectivity index (χ2n) is 4.66. The first-order valence-corrected chi connectivity index (χ1v) is 6.16. The average molecular weight is 275 g/mol. The molecule has 0 spiro atoms. The van der Waals surface area contributed by atoms with Gasteiger partial charge in [0.1, 0.15) is 0 Å². The summed E-state index contributed by atoms with van der Waals surface area (Å²) >= 11 is 0. The Morgan fingerprint density at radius 3 is 2.65 bits per heavy atom. The van der Waals surface area contributed by atoms with Crippen molar-refractivity contribution in [1.29, 1.82) is 0 Å². The number of anilines is 2. The van der Waals surface area contributed by atoms with E-state index in [4.69, 9.17) is 5.73 Å². The van der Waals surface area contributed by atoms with Crippen LogP contribution >= 0.6 is 0 Å². The van der Waals surface area contributed by atoms with E-state index in [9.17, 15) is 9.59 Å². The third-order valence-corrected chi connectivity index (χ3v) is 3.08. The van der Waals surface area contributed by atoms with Crippen LogP contribution in [0.15, 0.2) is 33.9 Å². The first kappa shape index (κ1) is 13.9. The molecule has 0 aliphatic rings. The Morgan fingerprint density at radius 2 is 2.00 bits per heavy atom. The van der Waals surface area contributed by atoms with Crippen molar-refractivity contribution in [2.75, 3.05) is 11.1 Å². The Balaban J connectivity index is 2.36. The summed E-state index contributed by atoms with van der Waals surface area (Å²) in [5.74, 6) is 0.129. The summed E-state index contributed by atoms with van der Waals surface area (Å²) in [7, 11) is 2.92. The predicted molar refractivity (Wildman–Crippen MR) is 77.6 cm³/mol. The summed E-state index contributed by atoms with van der Waals surface area (Å²) in [6, 6.07) is 7.20. The molecule has 0 radical (unpaired) electrons. The number of nitrogens with two attached hydrogens (primary N) is 1. The van der Waals surface area contributed by atoms with Crippen LogP contribution in [0.3, 0.4) is 0 Å². The molecule has 2 rings (SSSR count). The monoisotopic (exact) mass is 275 g/mol. The Bertz CT molecular complexity index is 747. The van der Waals surface area contributed by atoms with Gasteiger partial charge in [0.25, 0.3) is 5.56 Å². The molecule has 7 nitrogen and oxygen atoms in total. The summed E-state index contributed by atoms with van der Waals surface area (Å²) in [5.41, 5.74) is 6.40. The second kappa shape index (κ2) is 5.20. The molecular weight excluding hydrogens is 258 g/mol. The van der Waals surface area contributed by atoms with E-state index < -0.39 is 11.2 Å². The Kier molecular flexibility index (Phi) is 3.60. The van der Waals surface area contributed by atoms with E-state index in [1.165, 1.54) is 14.1 Å². The molecule has 2 aromatic rings. The van der Waals surface area contributed by atoms with Crippen molar-refractivity contribution in [2.45, 2.75) is 13.0 Å². The van der Waals surface area contributed by atoms with E-state index in [0.717, 1.165) is 14.8 Å². The van der Waals surface area contributed by atoms with Crippen LogP contribution in [0.25, 0.3) is 0 Å². The zero-order valence-corrected chi connectivity index (χ0v) is 11.6. The summed E-state index contributed by atoms with van der Waals surface area (Å²) in [5, 5.41) is 6.95. The van der Waals surface area contributed by atoms with E-state index >= 15 is 0 Å². The lowest BCUT2D eigenvalue weighted by Crippen LogP contribution is -2.40. The van der Waals surface area contributed by atoms with Gasteiger partial charge in [-0.05, 0) is 24.6 Å². The van der Waals surface area contributed by atoms with Gasteiger partial charge >= 0.3 is 5.69 Å². The number of aromatic nitrogens is 3. The van der Waals surface area contributed by atoms with Gasteiger partial charge in [0.15, 0.2) is 0 Å². The van der Waals surface area contributed by atoms with Crippen LogP contribution in [0.4, 0.5) is 11.5 Å². The maximum atomic E-state index is 12.0. The molecule has 7 heteroatoms. The molecule has 0 bridgehead atoms. The van der Waals surface area contributed by atoms with E-state index in [-0.39, 0.29) is 11.9 Å². The van der Waals surface area contributed by atoms with E-state index in [0.29, 0.717) is 5.69 Å². The third kappa shape index (κ3) is 2.56. The van der Waals surface area contributed by atoms with Gasteiger partial charge in [-0.1, -0.05) is 12.1 Å². The molecule has 106 valence electrons. The standard InChI is InChI=1S/C13H17N5O2/c1-8(9-5-4-6-10(14)7-9)15-11-12(19)17(2)13(20)18(3)16-11/h4-8H,14H2,1-3H3,(H,15,16). The molecule has 1 aromatic heterocycles. The minimum Gasteiger partial charge on any atom is -0.399 e. The highest BCUT2D eigenvalue weighted by Crippen LogP contribution is 2.17. The molecule has 0 saturated heterocycles. The molecule has 1 atom stereocenters. The maximum absolute atomic E-state index is 12.0. The Labute approximate surface area is 115 Å². The van der Waals surface area contributed by atoms with Crippen molar-refractivity contribution in [2.24, 2.45) is 14.1 Å². The zero-order valence-electron chi connectivity index (χ0n) is 11.6. The fourth-order valence-electron chi connectivity index (χ4n) is 1.91. The van der Waals surface area contributed by atoms with Gasteiger partial charge in [-0.3, -0.25) is 9.36 Å².